The zero-order valence-electron chi connectivity index (χ0n) is 11.2. The SMILES string of the molecule is OCc1c(-c2ccc(F)cc2)noc1-c1ccc(F)cc1F. The summed E-state index contributed by atoms with van der Waals surface area (Å²) in [6.45, 7) is -0.456. The number of aliphatic hydroxyl groups is 1. The summed E-state index contributed by atoms with van der Waals surface area (Å²) in [6.07, 6.45) is 0. The highest BCUT2D eigenvalue weighted by Crippen LogP contribution is 2.33. The lowest BCUT2D eigenvalue weighted by Crippen LogP contribution is -1.92. The Kier molecular flexibility index (Phi) is 3.68. The minimum atomic E-state index is -0.823. The molecule has 1 N–H and O–H groups in total. The maximum Gasteiger partial charge on any atom is 0.175 e. The van der Waals surface area contributed by atoms with Gasteiger partial charge in [-0.2, -0.15) is 0 Å². The molecule has 3 nitrogen and oxygen atoms in total. The van der Waals surface area contributed by atoms with Crippen molar-refractivity contribution in [3.05, 3.63) is 65.5 Å². The summed E-state index contributed by atoms with van der Waals surface area (Å²) >= 11 is 0. The van der Waals surface area contributed by atoms with Crippen molar-refractivity contribution in [3.63, 3.8) is 0 Å². The summed E-state index contributed by atoms with van der Waals surface area (Å²) in [7, 11) is 0. The number of rotatable bonds is 3. The molecule has 1 aromatic heterocycles. The zero-order chi connectivity index (χ0) is 15.7. The molecule has 0 aliphatic carbocycles. The predicted octanol–water partition coefficient (Wildman–Crippen LogP) is 3.92. The van der Waals surface area contributed by atoms with Crippen LogP contribution in [0.25, 0.3) is 22.6 Å². The van der Waals surface area contributed by atoms with Gasteiger partial charge in [0.05, 0.1) is 17.7 Å². The first kappa shape index (κ1) is 14.3. The van der Waals surface area contributed by atoms with Gasteiger partial charge in [0.2, 0.25) is 0 Å². The molecule has 0 aliphatic rings. The lowest BCUT2D eigenvalue weighted by molar-refractivity contribution is 0.281. The van der Waals surface area contributed by atoms with Crippen LogP contribution in [0.4, 0.5) is 13.2 Å². The Morgan fingerprint density at radius 1 is 0.955 bits per heavy atom. The number of halogens is 3. The molecule has 0 amide bonds. The van der Waals surface area contributed by atoms with Gasteiger partial charge < -0.3 is 9.63 Å². The van der Waals surface area contributed by atoms with E-state index < -0.39 is 24.1 Å². The standard InChI is InChI=1S/C16H10F3NO2/c17-10-3-1-9(2-4-10)15-13(8-21)16(22-20-15)12-6-5-11(18)7-14(12)19/h1-7,21H,8H2. The molecule has 1 heterocycles. The second kappa shape index (κ2) is 5.65. The van der Waals surface area contributed by atoms with Gasteiger partial charge in [0, 0.05) is 11.6 Å². The number of hydrogen-bond donors (Lipinski definition) is 1. The highest BCUT2D eigenvalue weighted by Gasteiger charge is 2.21. The van der Waals surface area contributed by atoms with E-state index in [2.05, 4.69) is 5.16 Å². The van der Waals surface area contributed by atoms with Crippen LogP contribution in [0.3, 0.4) is 0 Å². The number of hydrogen-bond acceptors (Lipinski definition) is 3. The number of aromatic nitrogens is 1. The molecule has 6 heteroatoms. The molecule has 0 saturated heterocycles. The van der Waals surface area contributed by atoms with Crippen molar-refractivity contribution in [2.24, 2.45) is 0 Å². The lowest BCUT2D eigenvalue weighted by atomic mass is 10.0. The third-order valence-corrected chi connectivity index (χ3v) is 3.24. The van der Waals surface area contributed by atoms with E-state index in [1.54, 1.807) is 0 Å². The molecule has 0 atom stereocenters. The quantitative estimate of drug-likeness (QED) is 0.798. The Balaban J connectivity index is 2.13. The van der Waals surface area contributed by atoms with Crippen LogP contribution in [0.1, 0.15) is 5.56 Å². The van der Waals surface area contributed by atoms with Crippen molar-refractivity contribution in [3.8, 4) is 22.6 Å². The molecule has 3 rings (SSSR count). The van der Waals surface area contributed by atoms with E-state index in [-0.39, 0.29) is 22.6 Å². The fourth-order valence-corrected chi connectivity index (χ4v) is 2.18. The first-order valence-electron chi connectivity index (χ1n) is 6.41. The maximum atomic E-state index is 13.9. The molecule has 0 aliphatic heterocycles. The van der Waals surface area contributed by atoms with Crippen LogP contribution >= 0.6 is 0 Å². The molecular formula is C16H10F3NO2. The first-order valence-corrected chi connectivity index (χ1v) is 6.41. The Morgan fingerprint density at radius 3 is 2.27 bits per heavy atom. The molecule has 2 aromatic carbocycles. The van der Waals surface area contributed by atoms with Gasteiger partial charge in [-0.05, 0) is 36.4 Å². The maximum absolute atomic E-state index is 13.9. The normalized spacial score (nSPS) is 10.9. The molecule has 0 spiro atoms. The van der Waals surface area contributed by atoms with Crippen molar-refractivity contribution < 1.29 is 22.8 Å². The predicted molar refractivity (Wildman–Crippen MR) is 73.2 cm³/mol. The van der Waals surface area contributed by atoms with Gasteiger partial charge >= 0.3 is 0 Å². The van der Waals surface area contributed by atoms with Crippen LogP contribution in [0.2, 0.25) is 0 Å². The van der Waals surface area contributed by atoms with Gasteiger partial charge in [0.15, 0.2) is 5.76 Å². The molecule has 0 saturated carbocycles. The Bertz CT molecular complexity index is 813. The molecule has 3 aromatic rings. The van der Waals surface area contributed by atoms with E-state index in [4.69, 9.17) is 4.52 Å². The number of benzene rings is 2. The Labute approximate surface area is 123 Å². The summed E-state index contributed by atoms with van der Waals surface area (Å²) in [4.78, 5) is 0. The van der Waals surface area contributed by atoms with Crippen molar-refractivity contribution >= 4 is 0 Å². The summed E-state index contributed by atoms with van der Waals surface area (Å²) in [6, 6.07) is 8.43. The van der Waals surface area contributed by atoms with Crippen LogP contribution in [0.15, 0.2) is 47.0 Å². The highest BCUT2D eigenvalue weighted by molar-refractivity contribution is 5.72. The molecule has 0 radical (unpaired) electrons. The van der Waals surface area contributed by atoms with E-state index in [0.29, 0.717) is 5.56 Å². The highest BCUT2D eigenvalue weighted by atomic mass is 19.1. The van der Waals surface area contributed by atoms with Crippen LogP contribution < -0.4 is 0 Å². The van der Waals surface area contributed by atoms with E-state index in [1.807, 2.05) is 0 Å². The van der Waals surface area contributed by atoms with Crippen LogP contribution in [0, 0.1) is 17.5 Å². The largest absolute Gasteiger partial charge is 0.391 e. The van der Waals surface area contributed by atoms with Crippen molar-refractivity contribution in [2.75, 3.05) is 0 Å². The number of aliphatic hydroxyl groups excluding tert-OH is 1. The average molecular weight is 305 g/mol. The molecular weight excluding hydrogens is 295 g/mol. The van der Waals surface area contributed by atoms with Gasteiger partial charge in [-0.3, -0.25) is 0 Å². The van der Waals surface area contributed by atoms with E-state index in [1.165, 1.54) is 30.3 Å². The lowest BCUT2D eigenvalue weighted by Gasteiger charge is -2.03. The second-order valence-corrected chi connectivity index (χ2v) is 4.63. The molecule has 112 valence electrons. The molecule has 0 fully saturated rings. The van der Waals surface area contributed by atoms with Gasteiger partial charge in [0.25, 0.3) is 0 Å². The fourth-order valence-electron chi connectivity index (χ4n) is 2.18. The monoisotopic (exact) mass is 305 g/mol. The first-order chi connectivity index (χ1) is 10.6. The van der Waals surface area contributed by atoms with Gasteiger partial charge in [-0.25, -0.2) is 13.2 Å². The van der Waals surface area contributed by atoms with Crippen LogP contribution in [-0.2, 0) is 6.61 Å². The van der Waals surface area contributed by atoms with Crippen molar-refractivity contribution in [2.45, 2.75) is 6.61 Å². The Hall–Kier alpha value is -2.60. The van der Waals surface area contributed by atoms with Crippen molar-refractivity contribution in [1.82, 2.24) is 5.16 Å². The third-order valence-electron chi connectivity index (χ3n) is 3.24. The molecule has 22 heavy (non-hydrogen) atoms. The van der Waals surface area contributed by atoms with E-state index in [9.17, 15) is 18.3 Å². The topological polar surface area (TPSA) is 46.3 Å². The minimum absolute atomic E-state index is 0.00804. The van der Waals surface area contributed by atoms with Crippen molar-refractivity contribution in [1.29, 1.82) is 0 Å². The summed E-state index contributed by atoms with van der Waals surface area (Å²) in [5, 5.41) is 13.3. The summed E-state index contributed by atoms with van der Waals surface area (Å²) in [5.74, 6) is -1.94. The van der Waals surface area contributed by atoms with Crippen LogP contribution in [-0.4, -0.2) is 10.3 Å². The number of nitrogens with zero attached hydrogens (tertiary/aromatic N) is 1. The van der Waals surface area contributed by atoms with E-state index >= 15 is 0 Å². The summed E-state index contributed by atoms with van der Waals surface area (Å²) < 4.78 is 44.9. The summed E-state index contributed by atoms with van der Waals surface area (Å²) in [5.41, 5.74) is 1.03. The third kappa shape index (κ3) is 2.48. The fraction of sp³-hybridized carbons (Fsp3) is 0.0625. The average Bonchev–Trinajstić information content (AvgIpc) is 2.91. The minimum Gasteiger partial charge on any atom is -0.391 e. The van der Waals surface area contributed by atoms with Gasteiger partial charge in [-0.1, -0.05) is 5.16 Å². The smallest absolute Gasteiger partial charge is 0.175 e. The van der Waals surface area contributed by atoms with Gasteiger partial charge in [-0.15, -0.1) is 0 Å². The molecule has 0 unspecified atom stereocenters. The van der Waals surface area contributed by atoms with Gasteiger partial charge in [0.1, 0.15) is 23.1 Å². The molecule has 0 bridgehead atoms. The van der Waals surface area contributed by atoms with Crippen LogP contribution in [0.5, 0.6) is 0 Å². The second-order valence-electron chi connectivity index (χ2n) is 4.63. The zero-order valence-corrected chi connectivity index (χ0v) is 11.2. The van der Waals surface area contributed by atoms with E-state index in [0.717, 1.165) is 12.1 Å². The Morgan fingerprint density at radius 2 is 1.64 bits per heavy atom.